The molecule has 0 radical (unpaired) electrons. The van der Waals surface area contributed by atoms with Crippen molar-refractivity contribution in [2.24, 2.45) is 0 Å². The summed E-state index contributed by atoms with van der Waals surface area (Å²) in [5.41, 5.74) is 6.29. The molecule has 0 saturated heterocycles. The van der Waals surface area contributed by atoms with Gasteiger partial charge in [0.2, 0.25) is 0 Å². The molecular formula is C10H9ClN4OS. The zero-order chi connectivity index (χ0) is 12.4. The second kappa shape index (κ2) is 4.68. The van der Waals surface area contributed by atoms with E-state index in [2.05, 4.69) is 15.5 Å². The van der Waals surface area contributed by atoms with Crippen molar-refractivity contribution in [1.82, 2.24) is 10.2 Å². The Bertz CT molecular complexity index is 532. The number of hydrogen-bond acceptors (Lipinski definition) is 5. The van der Waals surface area contributed by atoms with Gasteiger partial charge in [-0.05, 0) is 25.1 Å². The van der Waals surface area contributed by atoms with Crippen LogP contribution in [0, 0.1) is 6.92 Å². The van der Waals surface area contributed by atoms with Gasteiger partial charge in [-0.3, -0.25) is 4.79 Å². The Kier molecular flexibility index (Phi) is 3.26. The van der Waals surface area contributed by atoms with Gasteiger partial charge in [0, 0.05) is 10.6 Å². The topological polar surface area (TPSA) is 80.9 Å². The van der Waals surface area contributed by atoms with Crippen molar-refractivity contribution < 1.29 is 4.79 Å². The van der Waals surface area contributed by atoms with E-state index >= 15 is 0 Å². The highest BCUT2D eigenvalue weighted by Crippen LogP contribution is 2.23. The third-order valence-corrected chi connectivity index (χ3v) is 3.32. The van der Waals surface area contributed by atoms with E-state index in [1.54, 1.807) is 18.2 Å². The first-order valence-corrected chi connectivity index (χ1v) is 5.92. The third kappa shape index (κ3) is 2.72. The number of aryl methyl sites for hydroxylation is 1. The summed E-state index contributed by atoms with van der Waals surface area (Å²) in [5, 5.41) is 10.2. The van der Waals surface area contributed by atoms with E-state index in [4.69, 9.17) is 17.3 Å². The second-order valence-corrected chi connectivity index (χ2v) is 4.96. The number of carbonyl (C=O) groups excluding carboxylic acids is 1. The number of anilines is 2. The zero-order valence-electron chi connectivity index (χ0n) is 8.90. The standard InChI is InChI=1S/C10H9ClN4OS/c1-5-6(12)4-7(17-5)10(16)13-9-3-2-8(11)14-15-9/h2-4H,12H2,1H3,(H,13,15,16). The molecule has 0 aliphatic carbocycles. The molecule has 17 heavy (non-hydrogen) atoms. The molecule has 7 heteroatoms. The van der Waals surface area contributed by atoms with Gasteiger partial charge in [-0.25, -0.2) is 0 Å². The maximum Gasteiger partial charge on any atom is 0.267 e. The van der Waals surface area contributed by atoms with Gasteiger partial charge in [0.15, 0.2) is 11.0 Å². The van der Waals surface area contributed by atoms with Crippen LogP contribution in [-0.4, -0.2) is 16.1 Å². The van der Waals surface area contributed by atoms with Gasteiger partial charge in [0.1, 0.15) is 0 Å². The van der Waals surface area contributed by atoms with Crippen molar-refractivity contribution in [3.8, 4) is 0 Å². The zero-order valence-corrected chi connectivity index (χ0v) is 10.5. The van der Waals surface area contributed by atoms with E-state index < -0.39 is 0 Å². The molecule has 3 N–H and O–H groups in total. The fourth-order valence-electron chi connectivity index (χ4n) is 1.17. The van der Waals surface area contributed by atoms with Crippen LogP contribution >= 0.6 is 22.9 Å². The molecule has 2 rings (SSSR count). The largest absolute Gasteiger partial charge is 0.398 e. The highest BCUT2D eigenvalue weighted by molar-refractivity contribution is 7.14. The van der Waals surface area contributed by atoms with Crippen LogP contribution in [0.4, 0.5) is 11.5 Å². The van der Waals surface area contributed by atoms with Crippen LogP contribution in [0.2, 0.25) is 5.15 Å². The minimum atomic E-state index is -0.258. The van der Waals surface area contributed by atoms with Crippen LogP contribution in [-0.2, 0) is 0 Å². The normalized spacial score (nSPS) is 10.2. The van der Waals surface area contributed by atoms with Crippen LogP contribution in [0.5, 0.6) is 0 Å². The molecule has 0 spiro atoms. The lowest BCUT2D eigenvalue weighted by atomic mass is 10.3. The first kappa shape index (κ1) is 11.8. The van der Waals surface area contributed by atoms with Gasteiger partial charge >= 0.3 is 0 Å². The molecule has 0 saturated carbocycles. The molecule has 0 aliphatic rings. The summed E-state index contributed by atoms with van der Waals surface area (Å²) in [7, 11) is 0. The Morgan fingerprint density at radius 2 is 2.24 bits per heavy atom. The van der Waals surface area contributed by atoms with Crippen molar-refractivity contribution in [2.75, 3.05) is 11.1 Å². The summed E-state index contributed by atoms with van der Waals surface area (Å²) in [5.74, 6) is 0.0930. The highest BCUT2D eigenvalue weighted by atomic mass is 35.5. The number of carbonyl (C=O) groups is 1. The van der Waals surface area contributed by atoms with E-state index in [1.165, 1.54) is 11.3 Å². The summed E-state index contributed by atoms with van der Waals surface area (Å²) in [6, 6.07) is 4.77. The molecule has 0 bridgehead atoms. The number of nitrogen functional groups attached to an aromatic ring is 1. The molecule has 1 amide bonds. The number of thiophene rings is 1. The van der Waals surface area contributed by atoms with E-state index in [-0.39, 0.29) is 11.1 Å². The van der Waals surface area contributed by atoms with Crippen LogP contribution < -0.4 is 11.1 Å². The van der Waals surface area contributed by atoms with Gasteiger partial charge in [0.05, 0.1) is 4.88 Å². The molecular weight excluding hydrogens is 260 g/mol. The predicted octanol–water partition coefficient (Wildman–Crippen LogP) is 2.33. The molecule has 88 valence electrons. The molecule has 0 aliphatic heterocycles. The van der Waals surface area contributed by atoms with E-state index in [0.29, 0.717) is 16.4 Å². The van der Waals surface area contributed by atoms with Crippen molar-refractivity contribution >= 4 is 40.4 Å². The van der Waals surface area contributed by atoms with Crippen LogP contribution in [0.15, 0.2) is 18.2 Å². The molecule has 0 atom stereocenters. The van der Waals surface area contributed by atoms with Crippen LogP contribution in [0.25, 0.3) is 0 Å². The summed E-state index contributed by atoms with van der Waals surface area (Å²) in [4.78, 5) is 13.3. The lowest BCUT2D eigenvalue weighted by Gasteiger charge is -2.00. The molecule has 2 aromatic heterocycles. The van der Waals surface area contributed by atoms with Gasteiger partial charge in [-0.1, -0.05) is 11.6 Å². The van der Waals surface area contributed by atoms with E-state index in [1.807, 2.05) is 6.92 Å². The quantitative estimate of drug-likeness (QED) is 0.876. The minimum Gasteiger partial charge on any atom is -0.398 e. The molecule has 0 fully saturated rings. The number of aromatic nitrogens is 2. The van der Waals surface area contributed by atoms with Crippen molar-refractivity contribution in [3.05, 3.63) is 33.1 Å². The average Bonchev–Trinajstić information content (AvgIpc) is 2.63. The van der Waals surface area contributed by atoms with Gasteiger partial charge in [-0.15, -0.1) is 21.5 Å². The first-order chi connectivity index (χ1) is 8.06. The summed E-state index contributed by atoms with van der Waals surface area (Å²) >= 11 is 6.92. The third-order valence-electron chi connectivity index (χ3n) is 2.05. The van der Waals surface area contributed by atoms with Crippen LogP contribution in [0.3, 0.4) is 0 Å². The number of nitrogens with two attached hydrogens (primary N) is 1. The monoisotopic (exact) mass is 268 g/mol. The SMILES string of the molecule is Cc1sc(C(=O)Nc2ccc(Cl)nn2)cc1N. The Labute approximate surface area is 107 Å². The van der Waals surface area contributed by atoms with Crippen molar-refractivity contribution in [3.63, 3.8) is 0 Å². The van der Waals surface area contributed by atoms with Gasteiger partial charge in [-0.2, -0.15) is 0 Å². The number of amides is 1. The van der Waals surface area contributed by atoms with Crippen LogP contribution in [0.1, 0.15) is 14.5 Å². The van der Waals surface area contributed by atoms with E-state index in [0.717, 1.165) is 4.88 Å². The Balaban J connectivity index is 2.14. The fourth-order valence-corrected chi connectivity index (χ4v) is 2.11. The fraction of sp³-hybridized carbons (Fsp3) is 0.100. The molecule has 0 aromatic carbocycles. The van der Waals surface area contributed by atoms with Crippen molar-refractivity contribution in [2.45, 2.75) is 6.92 Å². The lowest BCUT2D eigenvalue weighted by molar-refractivity contribution is 0.103. The average molecular weight is 269 g/mol. The number of nitrogens with zero attached hydrogens (tertiary/aromatic N) is 2. The van der Waals surface area contributed by atoms with E-state index in [9.17, 15) is 4.79 Å². The molecule has 2 aromatic rings. The Morgan fingerprint density at radius 3 is 2.76 bits per heavy atom. The van der Waals surface area contributed by atoms with Crippen molar-refractivity contribution in [1.29, 1.82) is 0 Å². The number of rotatable bonds is 2. The minimum absolute atomic E-state index is 0.258. The Hall–Kier alpha value is -1.66. The number of hydrogen-bond donors (Lipinski definition) is 2. The van der Waals surface area contributed by atoms with Gasteiger partial charge < -0.3 is 11.1 Å². The Morgan fingerprint density at radius 1 is 1.47 bits per heavy atom. The number of nitrogens with one attached hydrogen (secondary N) is 1. The smallest absolute Gasteiger partial charge is 0.267 e. The predicted molar refractivity (Wildman–Crippen MR) is 68.5 cm³/mol. The maximum absolute atomic E-state index is 11.8. The molecule has 5 nitrogen and oxygen atoms in total. The molecule has 0 unspecified atom stereocenters. The van der Waals surface area contributed by atoms with Gasteiger partial charge in [0.25, 0.3) is 5.91 Å². The summed E-state index contributed by atoms with van der Waals surface area (Å²) in [6.45, 7) is 1.86. The second-order valence-electron chi connectivity index (χ2n) is 3.32. The maximum atomic E-state index is 11.8. The highest BCUT2D eigenvalue weighted by Gasteiger charge is 2.11. The lowest BCUT2D eigenvalue weighted by Crippen LogP contribution is -2.11. The first-order valence-electron chi connectivity index (χ1n) is 4.73. The summed E-state index contributed by atoms with van der Waals surface area (Å²) in [6.07, 6.45) is 0. The number of halogens is 1. The molecule has 2 heterocycles. The summed E-state index contributed by atoms with van der Waals surface area (Å²) < 4.78 is 0.